The molecule has 5 rings (SSSR count). The molecule has 2 aromatic carbocycles. The lowest BCUT2D eigenvalue weighted by molar-refractivity contribution is 0.102. The third-order valence-corrected chi connectivity index (χ3v) is 5.18. The van der Waals surface area contributed by atoms with Crippen molar-refractivity contribution in [1.82, 2.24) is 20.2 Å². The van der Waals surface area contributed by atoms with Crippen molar-refractivity contribution in [3.8, 4) is 11.3 Å². The molecule has 1 amide bonds. The Hall–Kier alpha value is -3.87. The average molecular weight is 396 g/mol. The Balaban J connectivity index is 1.34. The number of nitrogens with zero attached hydrogens (tertiary/aromatic N) is 5. The smallest absolute Gasteiger partial charge is 0.275 e. The summed E-state index contributed by atoms with van der Waals surface area (Å²) in [5.74, 6) is 0.608. The normalized spacial score (nSPS) is 13.5. The third kappa shape index (κ3) is 3.69. The van der Waals surface area contributed by atoms with Gasteiger partial charge in [-0.1, -0.05) is 24.3 Å². The molecule has 1 aliphatic heterocycles. The summed E-state index contributed by atoms with van der Waals surface area (Å²) >= 11 is 0. The predicted molar refractivity (Wildman–Crippen MR) is 116 cm³/mol. The number of aromatic nitrogens is 4. The highest BCUT2D eigenvalue weighted by Crippen LogP contribution is 2.23. The number of benzene rings is 2. The van der Waals surface area contributed by atoms with Crippen molar-refractivity contribution in [3.05, 3.63) is 72.6 Å². The van der Waals surface area contributed by atoms with E-state index in [9.17, 15) is 4.79 Å². The van der Waals surface area contributed by atoms with Crippen LogP contribution in [0.4, 0.5) is 11.5 Å². The highest BCUT2D eigenvalue weighted by molar-refractivity contribution is 6.03. The van der Waals surface area contributed by atoms with Gasteiger partial charge in [0.1, 0.15) is 5.69 Å². The van der Waals surface area contributed by atoms with Crippen LogP contribution in [0.25, 0.3) is 22.3 Å². The number of rotatable bonds is 4. The van der Waals surface area contributed by atoms with E-state index in [2.05, 4.69) is 30.4 Å². The maximum absolute atomic E-state index is 12.7. The van der Waals surface area contributed by atoms with Gasteiger partial charge in [-0.2, -0.15) is 0 Å². The fraction of sp³-hybridized carbons (Fsp3) is 0.174. The molecule has 1 N–H and O–H groups in total. The monoisotopic (exact) mass is 396 g/mol. The van der Waals surface area contributed by atoms with Crippen molar-refractivity contribution in [1.29, 1.82) is 0 Å². The molecule has 7 nitrogen and oxygen atoms in total. The molecule has 0 bridgehead atoms. The van der Waals surface area contributed by atoms with E-state index in [1.54, 1.807) is 0 Å². The van der Waals surface area contributed by atoms with Gasteiger partial charge in [0.05, 0.1) is 22.9 Å². The fourth-order valence-corrected chi connectivity index (χ4v) is 3.61. The van der Waals surface area contributed by atoms with Gasteiger partial charge < -0.3 is 10.2 Å². The minimum Gasteiger partial charge on any atom is -0.355 e. The number of carbonyl (C=O) groups is 1. The topological polar surface area (TPSA) is 83.9 Å². The number of para-hydroxylation sites is 2. The van der Waals surface area contributed by atoms with Crippen LogP contribution in [0.1, 0.15) is 23.3 Å². The summed E-state index contributed by atoms with van der Waals surface area (Å²) < 4.78 is 0. The molecule has 7 heteroatoms. The molecule has 0 aliphatic carbocycles. The summed E-state index contributed by atoms with van der Waals surface area (Å²) in [7, 11) is 0. The van der Waals surface area contributed by atoms with Crippen molar-refractivity contribution in [2.24, 2.45) is 0 Å². The molecule has 0 spiro atoms. The summed E-state index contributed by atoms with van der Waals surface area (Å²) in [5.41, 5.74) is 4.03. The van der Waals surface area contributed by atoms with E-state index in [1.807, 2.05) is 60.7 Å². The quantitative estimate of drug-likeness (QED) is 0.563. The number of fused-ring (bicyclic) bond motifs is 1. The first-order valence-corrected chi connectivity index (χ1v) is 9.98. The molecule has 30 heavy (non-hydrogen) atoms. The van der Waals surface area contributed by atoms with Gasteiger partial charge in [-0.3, -0.25) is 9.78 Å². The Morgan fingerprint density at radius 2 is 1.73 bits per heavy atom. The van der Waals surface area contributed by atoms with Crippen LogP contribution in [-0.2, 0) is 0 Å². The summed E-state index contributed by atoms with van der Waals surface area (Å²) in [5, 5.41) is 11.6. The number of carbonyl (C=O) groups excluding carboxylic acids is 1. The van der Waals surface area contributed by atoms with Crippen LogP contribution in [0.3, 0.4) is 0 Å². The zero-order chi connectivity index (χ0) is 20.3. The van der Waals surface area contributed by atoms with Crippen molar-refractivity contribution in [2.75, 3.05) is 23.3 Å². The van der Waals surface area contributed by atoms with Crippen LogP contribution in [-0.4, -0.2) is 39.2 Å². The lowest BCUT2D eigenvalue weighted by atomic mass is 10.1. The van der Waals surface area contributed by atoms with Gasteiger partial charge in [-0.15, -0.1) is 10.2 Å². The SMILES string of the molecule is O=C(Nc1cccc(-c2ccc(N3CCCC3)nn2)c1)c1cnc2ccccc2n1. The summed E-state index contributed by atoms with van der Waals surface area (Å²) in [4.78, 5) is 23.6. The first kappa shape index (κ1) is 18.2. The van der Waals surface area contributed by atoms with Crippen molar-refractivity contribution in [2.45, 2.75) is 12.8 Å². The Bertz CT molecular complexity index is 1200. The number of amides is 1. The van der Waals surface area contributed by atoms with Crippen LogP contribution in [0.15, 0.2) is 66.9 Å². The van der Waals surface area contributed by atoms with Crippen LogP contribution >= 0.6 is 0 Å². The second kappa shape index (κ2) is 7.87. The van der Waals surface area contributed by atoms with Gasteiger partial charge in [-0.25, -0.2) is 4.98 Å². The molecule has 1 fully saturated rings. The van der Waals surface area contributed by atoms with E-state index in [0.717, 1.165) is 35.7 Å². The molecule has 0 radical (unpaired) electrons. The van der Waals surface area contributed by atoms with Gasteiger partial charge in [0, 0.05) is 24.3 Å². The second-order valence-corrected chi connectivity index (χ2v) is 7.25. The maximum atomic E-state index is 12.7. The molecule has 4 aromatic rings. The third-order valence-electron chi connectivity index (χ3n) is 5.18. The first-order chi connectivity index (χ1) is 14.8. The Kier molecular flexibility index (Phi) is 4.77. The lowest BCUT2D eigenvalue weighted by Gasteiger charge is -2.15. The molecule has 0 saturated carbocycles. The number of hydrogen-bond acceptors (Lipinski definition) is 6. The fourth-order valence-electron chi connectivity index (χ4n) is 3.61. The second-order valence-electron chi connectivity index (χ2n) is 7.25. The van der Waals surface area contributed by atoms with E-state index in [1.165, 1.54) is 19.0 Å². The predicted octanol–water partition coefficient (Wildman–Crippen LogP) is 3.94. The summed E-state index contributed by atoms with van der Waals surface area (Å²) in [6, 6.07) is 19.0. The van der Waals surface area contributed by atoms with Gasteiger partial charge in [-0.05, 0) is 49.2 Å². The van der Waals surface area contributed by atoms with Crippen LogP contribution in [0.5, 0.6) is 0 Å². The summed E-state index contributed by atoms with van der Waals surface area (Å²) in [6.07, 6.45) is 3.89. The zero-order valence-electron chi connectivity index (χ0n) is 16.3. The standard InChI is InChI=1S/C23H20N6O/c30-23(21-15-24-19-8-1-2-9-20(19)26-21)25-17-7-5-6-16(14-17)18-10-11-22(28-27-18)29-12-3-4-13-29/h1-2,5-11,14-15H,3-4,12-13H2,(H,25,30). The van der Waals surface area contributed by atoms with Gasteiger partial charge in [0.2, 0.25) is 0 Å². The van der Waals surface area contributed by atoms with E-state index in [4.69, 9.17) is 0 Å². The molecular formula is C23H20N6O. The van der Waals surface area contributed by atoms with Crippen molar-refractivity contribution >= 4 is 28.4 Å². The number of nitrogens with one attached hydrogen (secondary N) is 1. The minimum absolute atomic E-state index is 0.272. The van der Waals surface area contributed by atoms with Gasteiger partial charge in [0.25, 0.3) is 5.91 Å². The van der Waals surface area contributed by atoms with Gasteiger partial charge in [0.15, 0.2) is 5.82 Å². The van der Waals surface area contributed by atoms with E-state index < -0.39 is 0 Å². The molecule has 0 atom stereocenters. The average Bonchev–Trinajstić information content (AvgIpc) is 3.34. The highest BCUT2D eigenvalue weighted by atomic mass is 16.1. The highest BCUT2D eigenvalue weighted by Gasteiger charge is 2.14. The molecule has 2 aromatic heterocycles. The van der Waals surface area contributed by atoms with Gasteiger partial charge >= 0.3 is 0 Å². The Labute approximate surface area is 173 Å². The van der Waals surface area contributed by atoms with E-state index in [0.29, 0.717) is 11.2 Å². The largest absolute Gasteiger partial charge is 0.355 e. The maximum Gasteiger partial charge on any atom is 0.275 e. The Morgan fingerprint density at radius 1 is 0.900 bits per heavy atom. The first-order valence-electron chi connectivity index (χ1n) is 9.98. The molecular weight excluding hydrogens is 376 g/mol. The molecule has 1 saturated heterocycles. The van der Waals surface area contributed by atoms with Crippen LogP contribution in [0, 0.1) is 0 Å². The Morgan fingerprint density at radius 3 is 2.53 bits per heavy atom. The number of hydrogen-bond donors (Lipinski definition) is 1. The number of anilines is 2. The van der Waals surface area contributed by atoms with E-state index >= 15 is 0 Å². The molecule has 0 unspecified atom stereocenters. The minimum atomic E-state index is -0.305. The summed E-state index contributed by atoms with van der Waals surface area (Å²) in [6.45, 7) is 2.07. The molecule has 1 aliphatic rings. The zero-order valence-corrected chi connectivity index (χ0v) is 16.3. The molecule has 148 valence electrons. The van der Waals surface area contributed by atoms with Crippen LogP contribution in [0.2, 0.25) is 0 Å². The molecule has 3 heterocycles. The van der Waals surface area contributed by atoms with E-state index in [-0.39, 0.29) is 11.6 Å². The van der Waals surface area contributed by atoms with Crippen LogP contribution < -0.4 is 10.2 Å². The van der Waals surface area contributed by atoms with Crippen molar-refractivity contribution in [3.63, 3.8) is 0 Å². The van der Waals surface area contributed by atoms with Crippen molar-refractivity contribution < 1.29 is 4.79 Å². The lowest BCUT2D eigenvalue weighted by Crippen LogP contribution is -2.19.